The number of halogens is 4. The molecule has 0 bridgehead atoms. The molecule has 0 aromatic heterocycles. The molecule has 0 radical (unpaired) electrons. The van der Waals surface area contributed by atoms with E-state index in [0.29, 0.717) is 49.1 Å². The van der Waals surface area contributed by atoms with E-state index in [-0.39, 0.29) is 38.3 Å². The fourth-order valence-corrected chi connectivity index (χ4v) is 6.50. The molecule has 2 aliphatic rings. The van der Waals surface area contributed by atoms with Crippen LogP contribution in [0.15, 0.2) is 66.2 Å². The number of aliphatic hydroxyl groups is 1. The second-order valence-corrected chi connectivity index (χ2v) is 14.3. The molecule has 8 nitrogen and oxygen atoms in total. The maximum absolute atomic E-state index is 14.6. The van der Waals surface area contributed by atoms with Gasteiger partial charge in [-0.05, 0) is 87.1 Å². The van der Waals surface area contributed by atoms with Gasteiger partial charge in [0.25, 0.3) is 5.91 Å². The predicted octanol–water partition coefficient (Wildman–Crippen LogP) is 8.70. The highest BCUT2D eigenvalue weighted by Gasteiger charge is 2.42. The van der Waals surface area contributed by atoms with Gasteiger partial charge in [-0.2, -0.15) is 0 Å². The number of nitrogens with zero attached hydrogens (tertiary/aromatic N) is 2. The molecular formula is C36H38Cl4N2O6. The van der Waals surface area contributed by atoms with Crippen molar-refractivity contribution in [2.24, 2.45) is 0 Å². The van der Waals surface area contributed by atoms with Crippen LogP contribution in [0, 0.1) is 0 Å². The summed E-state index contributed by atoms with van der Waals surface area (Å²) in [5.74, 6) is 0.727. The van der Waals surface area contributed by atoms with Gasteiger partial charge in [0.2, 0.25) is 0 Å². The van der Waals surface area contributed by atoms with Crippen LogP contribution < -0.4 is 9.47 Å². The summed E-state index contributed by atoms with van der Waals surface area (Å²) in [7, 11) is 0. The first-order valence-electron chi connectivity index (χ1n) is 15.8. The van der Waals surface area contributed by atoms with Crippen molar-refractivity contribution in [3.63, 3.8) is 0 Å². The number of rotatable bonds is 11. The highest BCUT2D eigenvalue weighted by Crippen LogP contribution is 2.39. The van der Waals surface area contributed by atoms with Gasteiger partial charge in [-0.15, -0.1) is 0 Å². The second kappa shape index (κ2) is 15.6. The number of hydrogen-bond donors (Lipinski definition) is 1. The Balaban J connectivity index is 1.42. The Bertz CT molecular complexity index is 1650. The van der Waals surface area contributed by atoms with Crippen LogP contribution in [0.2, 0.25) is 20.1 Å². The first-order valence-corrected chi connectivity index (χ1v) is 17.3. The fraction of sp³-hybridized carbons (Fsp3) is 0.389. The van der Waals surface area contributed by atoms with Gasteiger partial charge < -0.3 is 24.2 Å². The van der Waals surface area contributed by atoms with Gasteiger partial charge in [-0.1, -0.05) is 76.7 Å². The summed E-state index contributed by atoms with van der Waals surface area (Å²) in [5.41, 5.74) is 1.83. The predicted molar refractivity (Wildman–Crippen MR) is 189 cm³/mol. The molecule has 1 aliphatic carbocycles. The molecule has 256 valence electrons. The largest absolute Gasteiger partial charge is 0.490 e. The zero-order valence-corrected chi connectivity index (χ0v) is 30.0. The number of hydrogen-bond acceptors (Lipinski definition) is 6. The lowest BCUT2D eigenvalue weighted by molar-refractivity contribution is -0.129. The van der Waals surface area contributed by atoms with Crippen molar-refractivity contribution in [3.05, 3.63) is 97.5 Å². The minimum atomic E-state index is -0.920. The van der Waals surface area contributed by atoms with Crippen molar-refractivity contribution in [1.82, 2.24) is 9.80 Å². The van der Waals surface area contributed by atoms with Gasteiger partial charge in [-0.25, -0.2) is 4.79 Å². The van der Waals surface area contributed by atoms with Crippen LogP contribution in [0.1, 0.15) is 51.2 Å². The molecular weight excluding hydrogens is 698 g/mol. The lowest BCUT2D eigenvalue weighted by atomic mass is 9.87. The third kappa shape index (κ3) is 8.71. The molecule has 1 heterocycles. The van der Waals surface area contributed by atoms with Crippen LogP contribution >= 0.6 is 46.4 Å². The summed E-state index contributed by atoms with van der Waals surface area (Å²) in [5, 5.41) is 12.4. The second-order valence-electron chi connectivity index (χ2n) is 12.7. The third-order valence-electron chi connectivity index (χ3n) is 8.01. The number of carbonyl (C=O) groups is 2. The number of amides is 2. The molecule has 1 unspecified atom stereocenters. The van der Waals surface area contributed by atoms with Crippen molar-refractivity contribution >= 4 is 64.0 Å². The first kappa shape index (κ1) is 36.1. The zero-order chi connectivity index (χ0) is 34.6. The Kier molecular flexibility index (Phi) is 11.8. The minimum Gasteiger partial charge on any atom is -0.490 e. The van der Waals surface area contributed by atoms with Gasteiger partial charge in [-0.3, -0.25) is 9.69 Å². The zero-order valence-electron chi connectivity index (χ0n) is 27.0. The van der Waals surface area contributed by atoms with Crippen molar-refractivity contribution < 1.29 is 28.9 Å². The highest BCUT2D eigenvalue weighted by molar-refractivity contribution is 6.42. The molecule has 0 saturated heterocycles. The maximum atomic E-state index is 14.6. The molecule has 5 rings (SSSR count). The number of para-hydroxylation sites is 1. The van der Waals surface area contributed by atoms with Crippen LogP contribution in [0.5, 0.6) is 11.5 Å². The smallest absolute Gasteiger partial charge is 0.410 e. The van der Waals surface area contributed by atoms with E-state index in [9.17, 15) is 14.7 Å². The minimum absolute atomic E-state index is 0.00353. The maximum Gasteiger partial charge on any atom is 0.410 e. The molecule has 2 amide bonds. The fourth-order valence-electron chi connectivity index (χ4n) is 5.62. The summed E-state index contributed by atoms with van der Waals surface area (Å²) in [4.78, 5) is 31.2. The lowest BCUT2D eigenvalue weighted by Gasteiger charge is -2.39. The quantitative estimate of drug-likeness (QED) is 0.198. The standard InChI is InChI=1S/C36H38Cl4N2O6/c1-36(2,3)48-35(45)41-17-16-26(22-10-14-25(15-11-22)46-18-19-47-33-28(38)8-5-9-29(33)39)31(30(41)21-43)34(44)42(24-12-13-24)20-23-6-4-7-27(37)32(23)40/h4-11,14-15,24,30,43H,12-13,16-21H2,1-3H3. The van der Waals surface area contributed by atoms with Crippen LogP contribution in [0.3, 0.4) is 0 Å². The Morgan fingerprint density at radius 2 is 1.52 bits per heavy atom. The molecule has 1 fully saturated rings. The first-order chi connectivity index (χ1) is 22.9. The van der Waals surface area contributed by atoms with Crippen LogP contribution in [0.4, 0.5) is 4.79 Å². The Morgan fingerprint density at radius 1 is 0.896 bits per heavy atom. The van der Waals surface area contributed by atoms with E-state index in [1.165, 1.54) is 4.90 Å². The molecule has 1 aliphatic heterocycles. The summed E-state index contributed by atoms with van der Waals surface area (Å²) < 4.78 is 17.3. The van der Waals surface area contributed by atoms with Crippen LogP contribution in [-0.4, -0.2) is 71.0 Å². The normalized spacial score (nSPS) is 16.5. The molecule has 48 heavy (non-hydrogen) atoms. The average Bonchev–Trinajstić information content (AvgIpc) is 3.89. The van der Waals surface area contributed by atoms with E-state index in [1.54, 1.807) is 56.0 Å². The van der Waals surface area contributed by atoms with Crippen molar-refractivity contribution in [2.45, 2.75) is 64.3 Å². The summed E-state index contributed by atoms with van der Waals surface area (Å²) in [6, 6.07) is 16.9. The molecule has 3 aromatic carbocycles. The summed E-state index contributed by atoms with van der Waals surface area (Å²) in [6.07, 6.45) is 1.46. The molecule has 1 saturated carbocycles. The van der Waals surface area contributed by atoms with Crippen LogP contribution in [-0.2, 0) is 16.1 Å². The van der Waals surface area contributed by atoms with E-state index in [4.69, 9.17) is 60.6 Å². The Morgan fingerprint density at radius 3 is 2.15 bits per heavy atom. The third-order valence-corrected chi connectivity index (χ3v) is 9.46. The van der Waals surface area contributed by atoms with E-state index in [2.05, 4.69) is 0 Å². The van der Waals surface area contributed by atoms with Crippen LogP contribution in [0.25, 0.3) is 5.57 Å². The van der Waals surface area contributed by atoms with Crippen molar-refractivity contribution in [2.75, 3.05) is 26.4 Å². The van der Waals surface area contributed by atoms with E-state index < -0.39 is 24.3 Å². The van der Waals surface area contributed by atoms with E-state index in [0.717, 1.165) is 24.0 Å². The number of carbonyl (C=O) groups excluding carboxylic acids is 2. The van der Waals surface area contributed by atoms with E-state index in [1.807, 2.05) is 30.3 Å². The summed E-state index contributed by atoms with van der Waals surface area (Å²) >= 11 is 25.2. The number of benzene rings is 3. The molecule has 3 aromatic rings. The Hall–Kier alpha value is -3.14. The van der Waals surface area contributed by atoms with Gasteiger partial charge in [0.05, 0.1) is 32.7 Å². The monoisotopic (exact) mass is 734 g/mol. The topological polar surface area (TPSA) is 88.5 Å². The molecule has 12 heteroatoms. The summed E-state index contributed by atoms with van der Waals surface area (Å²) in [6.45, 7) is 5.84. The van der Waals surface area contributed by atoms with Crippen molar-refractivity contribution in [3.8, 4) is 11.5 Å². The molecule has 0 spiro atoms. The van der Waals surface area contributed by atoms with Gasteiger partial charge in [0.15, 0.2) is 5.75 Å². The van der Waals surface area contributed by atoms with Gasteiger partial charge >= 0.3 is 6.09 Å². The van der Waals surface area contributed by atoms with Gasteiger partial charge in [0.1, 0.15) is 24.6 Å². The van der Waals surface area contributed by atoms with Crippen molar-refractivity contribution in [1.29, 1.82) is 0 Å². The lowest BCUT2D eigenvalue weighted by Crippen LogP contribution is -2.52. The Labute approximate surface area is 301 Å². The molecule has 1 N–H and O–H groups in total. The number of aliphatic hydroxyl groups excluding tert-OH is 1. The van der Waals surface area contributed by atoms with Gasteiger partial charge in [0, 0.05) is 24.7 Å². The molecule has 1 atom stereocenters. The number of ether oxygens (including phenoxy) is 3. The SMILES string of the molecule is CC(C)(C)OC(=O)N1CCC(c2ccc(OCCOc3c(Cl)cccc3Cl)cc2)=C(C(=O)N(Cc2cccc(Cl)c2Cl)C2CC2)C1CO. The average molecular weight is 737 g/mol. The van der Waals surface area contributed by atoms with E-state index >= 15 is 0 Å². The highest BCUT2D eigenvalue weighted by atomic mass is 35.5.